The third-order valence-electron chi connectivity index (χ3n) is 4.46. The van der Waals surface area contributed by atoms with Crippen LogP contribution in [0.15, 0.2) is 21.6 Å². The van der Waals surface area contributed by atoms with E-state index in [0.717, 1.165) is 44.5 Å². The molecule has 0 unspecified atom stereocenters. The number of aryl methyl sites for hydroxylation is 1. The van der Waals surface area contributed by atoms with Gasteiger partial charge in [0.15, 0.2) is 5.82 Å². The Morgan fingerprint density at radius 2 is 2.21 bits per heavy atom. The van der Waals surface area contributed by atoms with Gasteiger partial charge in [-0.25, -0.2) is 4.52 Å². The van der Waals surface area contributed by atoms with Crippen molar-refractivity contribution in [1.29, 1.82) is 0 Å². The molecule has 1 saturated heterocycles. The third-order valence-corrected chi connectivity index (χ3v) is 4.46. The maximum absolute atomic E-state index is 12.2. The molecule has 1 aliphatic heterocycles. The van der Waals surface area contributed by atoms with Crippen molar-refractivity contribution in [2.45, 2.75) is 38.5 Å². The van der Waals surface area contributed by atoms with Crippen LogP contribution < -0.4 is 10.9 Å². The fraction of sp³-hybridized carbons (Fsp3) is 0.500. The van der Waals surface area contributed by atoms with Crippen molar-refractivity contribution < 1.29 is 4.52 Å². The highest BCUT2D eigenvalue weighted by Gasteiger charge is 2.22. The highest BCUT2D eigenvalue weighted by Crippen LogP contribution is 2.27. The second-order valence-electron chi connectivity index (χ2n) is 6.17. The molecule has 126 valence electrons. The number of aromatic amines is 1. The van der Waals surface area contributed by atoms with E-state index in [1.54, 1.807) is 16.8 Å². The zero-order chi connectivity index (χ0) is 16.5. The minimum absolute atomic E-state index is 0.133. The first-order valence-electron chi connectivity index (χ1n) is 8.41. The van der Waals surface area contributed by atoms with E-state index in [9.17, 15) is 4.79 Å². The lowest BCUT2D eigenvalue weighted by Gasteiger charge is -2.23. The summed E-state index contributed by atoms with van der Waals surface area (Å²) in [5, 5.41) is 11.8. The predicted molar refractivity (Wildman–Crippen MR) is 87.9 cm³/mol. The third kappa shape index (κ3) is 2.62. The van der Waals surface area contributed by atoms with E-state index in [-0.39, 0.29) is 5.56 Å². The smallest absolute Gasteiger partial charge is 0.263 e. The molecule has 2 N–H and O–H groups in total. The van der Waals surface area contributed by atoms with Gasteiger partial charge in [0.2, 0.25) is 0 Å². The van der Waals surface area contributed by atoms with E-state index in [0.29, 0.717) is 28.8 Å². The standard InChI is InChI=1S/C16H20N6O2/c1-2-3-13-19-16(24-21-13)11-9-18-22-12(8-14(23)20-15(11)22)10-4-6-17-7-5-10/h8-10,17H,2-7H2,1H3,(H,20,23). The van der Waals surface area contributed by atoms with Crippen LogP contribution in [0.2, 0.25) is 0 Å². The van der Waals surface area contributed by atoms with Gasteiger partial charge in [0.25, 0.3) is 11.4 Å². The topological polar surface area (TPSA) is 101 Å². The number of nitrogens with one attached hydrogen (secondary N) is 2. The van der Waals surface area contributed by atoms with Gasteiger partial charge in [-0.1, -0.05) is 12.1 Å². The molecule has 8 nitrogen and oxygen atoms in total. The Balaban J connectivity index is 1.80. The first kappa shape index (κ1) is 15.1. The zero-order valence-corrected chi connectivity index (χ0v) is 13.6. The number of fused-ring (bicyclic) bond motifs is 1. The van der Waals surface area contributed by atoms with E-state index < -0.39 is 0 Å². The molecule has 0 aliphatic carbocycles. The van der Waals surface area contributed by atoms with Crippen molar-refractivity contribution in [2.24, 2.45) is 0 Å². The Morgan fingerprint density at radius 3 is 3.00 bits per heavy atom. The van der Waals surface area contributed by atoms with Gasteiger partial charge in [0, 0.05) is 18.4 Å². The molecule has 4 rings (SSSR count). The van der Waals surface area contributed by atoms with Crippen molar-refractivity contribution in [3.05, 3.63) is 34.1 Å². The monoisotopic (exact) mass is 328 g/mol. The molecule has 0 atom stereocenters. The molecule has 0 amide bonds. The molecule has 4 heterocycles. The fourth-order valence-corrected chi connectivity index (χ4v) is 3.27. The summed E-state index contributed by atoms with van der Waals surface area (Å²) in [6, 6.07) is 1.65. The Bertz CT molecular complexity index is 903. The van der Waals surface area contributed by atoms with Crippen LogP contribution >= 0.6 is 0 Å². The zero-order valence-electron chi connectivity index (χ0n) is 13.6. The van der Waals surface area contributed by atoms with Crippen LogP contribution in [0.1, 0.15) is 43.6 Å². The average Bonchev–Trinajstić information content (AvgIpc) is 3.22. The lowest BCUT2D eigenvalue weighted by atomic mass is 9.94. The van der Waals surface area contributed by atoms with Gasteiger partial charge >= 0.3 is 0 Å². The number of H-pyrrole nitrogens is 1. The normalized spacial score (nSPS) is 16.0. The van der Waals surface area contributed by atoms with E-state index in [2.05, 4.69) is 32.5 Å². The number of piperidine rings is 1. The Hall–Kier alpha value is -2.48. The Labute approximate surface area is 138 Å². The summed E-state index contributed by atoms with van der Waals surface area (Å²) in [7, 11) is 0. The average molecular weight is 328 g/mol. The van der Waals surface area contributed by atoms with Gasteiger partial charge in [-0.2, -0.15) is 10.1 Å². The van der Waals surface area contributed by atoms with E-state index in [1.165, 1.54) is 0 Å². The molecule has 1 fully saturated rings. The van der Waals surface area contributed by atoms with Gasteiger partial charge in [0.05, 0.1) is 11.9 Å². The lowest BCUT2D eigenvalue weighted by molar-refractivity contribution is 0.422. The van der Waals surface area contributed by atoms with Crippen molar-refractivity contribution in [2.75, 3.05) is 13.1 Å². The van der Waals surface area contributed by atoms with Crippen molar-refractivity contribution in [3.8, 4) is 11.5 Å². The van der Waals surface area contributed by atoms with Gasteiger partial charge in [-0.3, -0.25) is 4.79 Å². The van der Waals surface area contributed by atoms with Crippen LogP contribution in [-0.4, -0.2) is 37.8 Å². The van der Waals surface area contributed by atoms with Gasteiger partial charge < -0.3 is 14.8 Å². The molecule has 3 aromatic rings. The summed E-state index contributed by atoms with van der Waals surface area (Å²) in [4.78, 5) is 19.4. The van der Waals surface area contributed by atoms with Gasteiger partial charge in [0.1, 0.15) is 11.2 Å². The number of nitrogens with zero attached hydrogens (tertiary/aromatic N) is 4. The molecule has 1 aliphatic rings. The molecular formula is C16H20N6O2. The fourth-order valence-electron chi connectivity index (χ4n) is 3.27. The largest absolute Gasteiger partial charge is 0.334 e. The quantitative estimate of drug-likeness (QED) is 0.752. The second-order valence-corrected chi connectivity index (χ2v) is 6.17. The minimum Gasteiger partial charge on any atom is -0.334 e. The van der Waals surface area contributed by atoms with Gasteiger partial charge in [-0.15, -0.1) is 0 Å². The summed E-state index contributed by atoms with van der Waals surface area (Å²) < 4.78 is 7.15. The van der Waals surface area contributed by atoms with Crippen LogP contribution in [0.3, 0.4) is 0 Å². The van der Waals surface area contributed by atoms with Crippen LogP contribution in [0.5, 0.6) is 0 Å². The number of hydrogen-bond donors (Lipinski definition) is 2. The molecule has 0 radical (unpaired) electrons. The Kier molecular flexibility index (Phi) is 3.89. The summed E-state index contributed by atoms with van der Waals surface area (Å²) >= 11 is 0. The molecule has 0 bridgehead atoms. The summed E-state index contributed by atoms with van der Waals surface area (Å²) in [6.45, 7) is 3.97. The van der Waals surface area contributed by atoms with E-state index >= 15 is 0 Å². The molecule has 3 aromatic heterocycles. The maximum atomic E-state index is 12.2. The highest BCUT2D eigenvalue weighted by molar-refractivity contribution is 5.71. The number of aromatic nitrogens is 5. The molecule has 24 heavy (non-hydrogen) atoms. The summed E-state index contributed by atoms with van der Waals surface area (Å²) in [6.07, 6.45) is 5.38. The van der Waals surface area contributed by atoms with Crippen molar-refractivity contribution in [3.63, 3.8) is 0 Å². The van der Waals surface area contributed by atoms with E-state index in [4.69, 9.17) is 4.52 Å². The van der Waals surface area contributed by atoms with Crippen molar-refractivity contribution >= 4 is 5.65 Å². The molecule has 0 spiro atoms. The SMILES string of the molecule is CCCc1noc(-c2cnn3c(C4CCNCC4)cc(=O)[nH]c23)n1. The molecule has 0 saturated carbocycles. The predicted octanol–water partition coefficient (Wildman–Crippen LogP) is 1.49. The Morgan fingerprint density at radius 1 is 1.38 bits per heavy atom. The van der Waals surface area contributed by atoms with Crippen LogP contribution in [-0.2, 0) is 6.42 Å². The summed E-state index contributed by atoms with van der Waals surface area (Å²) in [5.74, 6) is 1.39. The molecular weight excluding hydrogens is 308 g/mol. The second kappa shape index (κ2) is 6.20. The first-order chi connectivity index (χ1) is 11.8. The summed E-state index contributed by atoms with van der Waals surface area (Å²) in [5.41, 5.74) is 2.08. The minimum atomic E-state index is -0.133. The first-order valence-corrected chi connectivity index (χ1v) is 8.41. The number of rotatable bonds is 4. The van der Waals surface area contributed by atoms with Gasteiger partial charge in [-0.05, 0) is 32.4 Å². The van der Waals surface area contributed by atoms with Crippen LogP contribution in [0.4, 0.5) is 0 Å². The lowest BCUT2D eigenvalue weighted by Crippen LogP contribution is -2.28. The van der Waals surface area contributed by atoms with Crippen LogP contribution in [0.25, 0.3) is 17.1 Å². The molecule has 8 heteroatoms. The molecule has 0 aromatic carbocycles. The maximum Gasteiger partial charge on any atom is 0.263 e. The van der Waals surface area contributed by atoms with Crippen molar-refractivity contribution in [1.82, 2.24) is 30.1 Å². The van der Waals surface area contributed by atoms with Crippen LogP contribution in [0, 0.1) is 0 Å². The highest BCUT2D eigenvalue weighted by atomic mass is 16.5. The van der Waals surface area contributed by atoms with E-state index in [1.807, 2.05) is 0 Å². The number of hydrogen-bond acceptors (Lipinski definition) is 6.